The normalized spacial score (nSPS) is 28.9. The number of piperidine rings is 1. The first kappa shape index (κ1) is 17.4. The van der Waals surface area contributed by atoms with Crippen LogP contribution in [0, 0.1) is 5.92 Å². The maximum absolute atomic E-state index is 6.14. The van der Waals surface area contributed by atoms with E-state index in [0.717, 1.165) is 36.9 Å². The number of hydrogen-bond acceptors (Lipinski definition) is 2. The average molecular weight is 372 g/mol. The van der Waals surface area contributed by atoms with Crippen LogP contribution >= 0.6 is 11.6 Å². The van der Waals surface area contributed by atoms with Gasteiger partial charge in [-0.25, -0.2) is 4.98 Å². The molecule has 1 aliphatic carbocycles. The van der Waals surface area contributed by atoms with Gasteiger partial charge in [-0.2, -0.15) is 0 Å². The summed E-state index contributed by atoms with van der Waals surface area (Å²) in [6.45, 7) is 4.33. The molecule has 2 aliphatic rings. The van der Waals surface area contributed by atoms with Crippen molar-refractivity contribution in [3.8, 4) is 0 Å². The lowest BCUT2D eigenvalue weighted by atomic mass is 9.93. The lowest BCUT2D eigenvalue weighted by Gasteiger charge is -2.39. The van der Waals surface area contributed by atoms with Crippen molar-refractivity contribution in [1.29, 1.82) is 0 Å². The fourth-order valence-corrected chi connectivity index (χ4v) is 4.22. The second-order valence-electron chi connectivity index (χ2n) is 7.48. The second-order valence-corrected chi connectivity index (χ2v) is 7.92. The molecule has 1 saturated heterocycles. The lowest BCUT2D eigenvalue weighted by Crippen LogP contribution is -2.49. The zero-order valence-corrected chi connectivity index (χ0v) is 16.1. The third-order valence-corrected chi connectivity index (χ3v) is 5.95. The molecule has 2 aromatic rings. The van der Waals surface area contributed by atoms with Gasteiger partial charge in [-0.05, 0) is 36.5 Å². The van der Waals surface area contributed by atoms with E-state index in [-0.39, 0.29) is 0 Å². The highest BCUT2D eigenvalue weighted by Gasteiger charge is 2.40. The maximum atomic E-state index is 6.14. The first-order valence-corrected chi connectivity index (χ1v) is 9.74. The molecule has 2 heterocycles. The van der Waals surface area contributed by atoms with Gasteiger partial charge in [0.2, 0.25) is 0 Å². The Balaban J connectivity index is 1.40. The average Bonchev–Trinajstić information content (AvgIpc) is 3.20. The number of imidazole rings is 1. The van der Waals surface area contributed by atoms with E-state index in [0.29, 0.717) is 23.9 Å². The number of aliphatic imine (C=N–C) groups is 1. The number of guanidine groups is 1. The zero-order chi connectivity index (χ0) is 18.1. The monoisotopic (exact) mass is 371 g/mol. The summed E-state index contributed by atoms with van der Waals surface area (Å²) in [7, 11) is 1.88. The number of rotatable bonds is 3. The Labute approximate surface area is 160 Å². The number of nitrogens with zero attached hydrogens (tertiary/aromatic N) is 4. The zero-order valence-electron chi connectivity index (χ0n) is 15.3. The third-order valence-electron chi connectivity index (χ3n) is 5.72. The standard InChI is InChI=1S/C20H26ClN5/c1-14-6-8-25(12-19(14)26-9-7-23-13-26)20(22-2)24-18-11-17(18)15-4-3-5-16(21)10-15/h3-5,7,9-10,13-14,17-19H,6,8,11-12H2,1-2H3,(H,22,24). The Morgan fingerprint density at radius 1 is 1.38 bits per heavy atom. The smallest absolute Gasteiger partial charge is 0.193 e. The van der Waals surface area contributed by atoms with Crippen molar-refractivity contribution in [2.24, 2.45) is 10.9 Å². The summed E-state index contributed by atoms with van der Waals surface area (Å²) < 4.78 is 2.23. The van der Waals surface area contributed by atoms with Crippen LogP contribution in [0.1, 0.15) is 37.3 Å². The number of likely N-dealkylation sites (tertiary alicyclic amines) is 1. The summed E-state index contributed by atoms with van der Waals surface area (Å²) in [4.78, 5) is 11.2. The largest absolute Gasteiger partial charge is 0.353 e. The molecule has 0 radical (unpaired) electrons. The van der Waals surface area contributed by atoms with Crippen LogP contribution in [-0.4, -0.2) is 46.6 Å². The molecule has 1 aromatic carbocycles. The van der Waals surface area contributed by atoms with Crippen molar-refractivity contribution in [3.05, 3.63) is 53.6 Å². The quantitative estimate of drug-likeness (QED) is 0.663. The molecule has 4 atom stereocenters. The molecule has 0 amide bonds. The summed E-state index contributed by atoms with van der Waals surface area (Å²) in [6, 6.07) is 9.09. The van der Waals surface area contributed by atoms with Gasteiger partial charge < -0.3 is 14.8 Å². The summed E-state index contributed by atoms with van der Waals surface area (Å²) >= 11 is 6.14. The molecule has 26 heavy (non-hydrogen) atoms. The van der Waals surface area contributed by atoms with Gasteiger partial charge in [-0.3, -0.25) is 4.99 Å². The number of benzene rings is 1. The van der Waals surface area contributed by atoms with Crippen LogP contribution in [0.4, 0.5) is 0 Å². The van der Waals surface area contributed by atoms with Crippen molar-refractivity contribution in [2.45, 2.75) is 37.8 Å². The van der Waals surface area contributed by atoms with E-state index >= 15 is 0 Å². The minimum Gasteiger partial charge on any atom is -0.353 e. The van der Waals surface area contributed by atoms with E-state index < -0.39 is 0 Å². The van der Waals surface area contributed by atoms with Crippen molar-refractivity contribution in [2.75, 3.05) is 20.1 Å². The van der Waals surface area contributed by atoms with Crippen molar-refractivity contribution >= 4 is 17.6 Å². The molecule has 0 spiro atoms. The molecule has 1 N–H and O–H groups in total. The van der Waals surface area contributed by atoms with Gasteiger partial charge in [0.05, 0.1) is 12.4 Å². The molecule has 2 fully saturated rings. The molecular formula is C20H26ClN5. The summed E-state index contributed by atoms with van der Waals surface area (Å²) in [5.74, 6) is 2.17. The summed E-state index contributed by atoms with van der Waals surface area (Å²) in [5.41, 5.74) is 1.31. The molecule has 4 unspecified atom stereocenters. The third kappa shape index (κ3) is 3.58. The van der Waals surface area contributed by atoms with Gasteiger partial charge in [0.15, 0.2) is 5.96 Å². The Kier molecular flexibility index (Phi) is 4.90. The fraction of sp³-hybridized carbons (Fsp3) is 0.500. The van der Waals surface area contributed by atoms with E-state index in [1.165, 1.54) is 5.56 Å². The van der Waals surface area contributed by atoms with Crippen LogP contribution in [0.2, 0.25) is 5.02 Å². The molecule has 1 saturated carbocycles. The number of nitrogens with one attached hydrogen (secondary N) is 1. The number of hydrogen-bond donors (Lipinski definition) is 1. The molecule has 0 bridgehead atoms. The molecular weight excluding hydrogens is 346 g/mol. The Morgan fingerprint density at radius 3 is 3.00 bits per heavy atom. The van der Waals surface area contributed by atoms with Gasteiger partial charge in [-0.15, -0.1) is 0 Å². The van der Waals surface area contributed by atoms with Crippen LogP contribution in [-0.2, 0) is 0 Å². The Bertz CT molecular complexity index is 772. The molecule has 138 valence electrons. The highest BCUT2D eigenvalue weighted by Crippen LogP contribution is 2.41. The summed E-state index contributed by atoms with van der Waals surface area (Å²) in [5, 5.41) is 4.48. The van der Waals surface area contributed by atoms with E-state index in [4.69, 9.17) is 11.6 Å². The summed E-state index contributed by atoms with van der Waals surface area (Å²) in [6.07, 6.45) is 8.15. The van der Waals surface area contributed by atoms with Crippen LogP contribution in [0.3, 0.4) is 0 Å². The minimum atomic E-state index is 0.438. The van der Waals surface area contributed by atoms with Crippen LogP contribution < -0.4 is 5.32 Å². The SMILES string of the molecule is CN=C(NC1CC1c1cccc(Cl)c1)N1CCC(C)C(n2ccnc2)C1. The predicted octanol–water partition coefficient (Wildman–Crippen LogP) is 3.55. The van der Waals surface area contributed by atoms with Gasteiger partial charge >= 0.3 is 0 Å². The fourth-order valence-electron chi connectivity index (χ4n) is 4.02. The second kappa shape index (κ2) is 7.31. The highest BCUT2D eigenvalue weighted by molar-refractivity contribution is 6.30. The Morgan fingerprint density at radius 2 is 2.27 bits per heavy atom. The van der Waals surface area contributed by atoms with Gasteiger partial charge in [0, 0.05) is 49.5 Å². The van der Waals surface area contributed by atoms with Gasteiger partial charge in [0.25, 0.3) is 0 Å². The number of halogens is 1. The first-order chi connectivity index (χ1) is 12.7. The molecule has 5 nitrogen and oxygen atoms in total. The lowest BCUT2D eigenvalue weighted by molar-refractivity contribution is 0.189. The Hall–Kier alpha value is -2.01. The van der Waals surface area contributed by atoms with Gasteiger partial charge in [-0.1, -0.05) is 30.7 Å². The topological polar surface area (TPSA) is 45.5 Å². The molecule has 6 heteroatoms. The first-order valence-electron chi connectivity index (χ1n) is 9.37. The van der Waals surface area contributed by atoms with Gasteiger partial charge in [0.1, 0.15) is 0 Å². The van der Waals surface area contributed by atoms with E-state index in [1.807, 2.05) is 31.7 Å². The van der Waals surface area contributed by atoms with Crippen molar-refractivity contribution < 1.29 is 0 Å². The van der Waals surface area contributed by atoms with E-state index in [2.05, 4.69) is 50.0 Å². The van der Waals surface area contributed by atoms with Crippen molar-refractivity contribution in [1.82, 2.24) is 19.8 Å². The van der Waals surface area contributed by atoms with E-state index in [9.17, 15) is 0 Å². The van der Waals surface area contributed by atoms with E-state index in [1.54, 1.807) is 0 Å². The molecule has 1 aromatic heterocycles. The highest BCUT2D eigenvalue weighted by atomic mass is 35.5. The number of aromatic nitrogens is 2. The predicted molar refractivity (Wildman–Crippen MR) is 106 cm³/mol. The van der Waals surface area contributed by atoms with Crippen LogP contribution in [0.15, 0.2) is 48.0 Å². The van der Waals surface area contributed by atoms with Crippen LogP contribution in [0.5, 0.6) is 0 Å². The van der Waals surface area contributed by atoms with Crippen molar-refractivity contribution in [3.63, 3.8) is 0 Å². The minimum absolute atomic E-state index is 0.438. The molecule has 1 aliphatic heterocycles. The maximum Gasteiger partial charge on any atom is 0.193 e. The van der Waals surface area contributed by atoms with Crippen LogP contribution in [0.25, 0.3) is 0 Å². The molecule has 4 rings (SSSR count).